The van der Waals surface area contributed by atoms with Gasteiger partial charge < -0.3 is 53.6 Å². The molecule has 1 unspecified atom stereocenters. The van der Waals surface area contributed by atoms with Crippen LogP contribution in [0.5, 0.6) is 34.5 Å². The Morgan fingerprint density at radius 1 is 0.480 bits per heavy atom. The molecule has 0 spiro atoms. The van der Waals surface area contributed by atoms with Gasteiger partial charge >= 0.3 is 41.5 Å². The van der Waals surface area contributed by atoms with Gasteiger partial charge in [0.2, 0.25) is 0 Å². The maximum Gasteiger partial charge on any atom is 1.00 e. The van der Waals surface area contributed by atoms with Gasteiger partial charge in [-0.05, 0) is 150 Å². The minimum Gasteiger partial charge on any atom is -0.870 e. The minimum absolute atomic E-state index is 0. The number of aryl methyl sites for hydroxylation is 3. The number of aliphatic hydroxyl groups is 2. The maximum absolute atomic E-state index is 11.6. The zero-order valence-electron chi connectivity index (χ0n) is 48.7. The molecule has 75 heavy (non-hydrogen) atoms. The fourth-order valence-corrected chi connectivity index (χ4v) is 7.21. The summed E-state index contributed by atoms with van der Waals surface area (Å²) in [5, 5.41) is 18.7. The molecule has 3 rings (SSSR count). The van der Waals surface area contributed by atoms with Crippen molar-refractivity contribution in [3.05, 3.63) is 101 Å². The molecule has 0 saturated carbocycles. The van der Waals surface area contributed by atoms with Gasteiger partial charge in [-0.2, -0.15) is 0 Å². The molecule has 3 aromatic carbocycles. The Morgan fingerprint density at radius 3 is 1.00 bits per heavy atom. The van der Waals surface area contributed by atoms with Crippen LogP contribution in [-0.4, -0.2) is 88.6 Å². The molecule has 0 aromatic heterocycles. The molecular weight excluding hydrogens is 964 g/mol. The molecule has 13 nitrogen and oxygen atoms in total. The van der Waals surface area contributed by atoms with Crippen LogP contribution in [0.1, 0.15) is 172 Å². The van der Waals surface area contributed by atoms with Crippen molar-refractivity contribution in [2.75, 3.05) is 42.7 Å². The maximum atomic E-state index is 11.6. The molecule has 0 aliphatic carbocycles. The molecule has 0 saturated heterocycles. The summed E-state index contributed by atoms with van der Waals surface area (Å²) in [5.74, 6) is 4.30. The van der Waals surface area contributed by atoms with Crippen molar-refractivity contribution in [2.24, 2.45) is 0 Å². The number of rotatable bonds is 30. The Morgan fingerprint density at radius 2 is 0.760 bits per heavy atom. The molecule has 0 aliphatic heterocycles. The Hall–Kier alpha value is -4.76. The van der Waals surface area contributed by atoms with Crippen LogP contribution in [0, 0.1) is 0 Å². The number of carbonyl (C=O) groups is 2. The Bertz CT molecular complexity index is 1920. The third kappa shape index (κ3) is 32.4. The van der Waals surface area contributed by atoms with Crippen molar-refractivity contribution in [1.82, 2.24) is 0 Å². The molecule has 3 aromatic rings. The number of hydrogen-bond donors (Lipinski definition) is 2. The van der Waals surface area contributed by atoms with E-state index in [1.165, 1.54) is 68.1 Å². The zero-order chi connectivity index (χ0) is 55.0. The second-order valence-corrected chi connectivity index (χ2v) is 17.5. The topological polar surface area (TPSA) is 178 Å². The molecule has 418 valence electrons. The molecule has 0 bridgehead atoms. The SMILES string of the molecule is C=COC(=O)CCC.CCCCCc1cc(OC)c(/C=C/C(C)O)c(OC)c1.CCCCCc1cc(OC)c(/C=C/[C@H](C)O)c(OC)c1.CCCCCc1cc(OC)c(/C=C/[C@H](C)OC(=O)CCC)c(OC)c1.[Na+].[OH-]. The van der Waals surface area contributed by atoms with E-state index >= 15 is 0 Å². The summed E-state index contributed by atoms with van der Waals surface area (Å²) >= 11 is 0. The fraction of sp³-hybridized carbons (Fsp3) is 0.541. The first-order valence-electron chi connectivity index (χ1n) is 26.3. The smallest absolute Gasteiger partial charge is 0.870 e. The van der Waals surface area contributed by atoms with E-state index in [0.717, 1.165) is 96.0 Å². The van der Waals surface area contributed by atoms with Crippen molar-refractivity contribution in [2.45, 2.75) is 176 Å². The Kier molecular flexibility index (Phi) is 46.2. The van der Waals surface area contributed by atoms with Crippen molar-refractivity contribution in [3.63, 3.8) is 0 Å². The summed E-state index contributed by atoms with van der Waals surface area (Å²) in [6.45, 7) is 19.0. The van der Waals surface area contributed by atoms with Gasteiger partial charge in [0.1, 0.15) is 40.6 Å². The van der Waals surface area contributed by atoms with Crippen LogP contribution >= 0.6 is 0 Å². The van der Waals surface area contributed by atoms with Gasteiger partial charge in [0.25, 0.3) is 0 Å². The molecule has 3 N–H and O–H groups in total. The van der Waals surface area contributed by atoms with Crippen molar-refractivity contribution < 1.29 is 92.7 Å². The van der Waals surface area contributed by atoms with E-state index in [0.29, 0.717) is 12.8 Å². The summed E-state index contributed by atoms with van der Waals surface area (Å²) in [6.07, 6.45) is 27.2. The Labute approximate surface area is 474 Å². The van der Waals surface area contributed by atoms with Gasteiger partial charge in [-0.1, -0.05) is 91.9 Å². The third-order valence-electron chi connectivity index (χ3n) is 11.1. The number of esters is 2. The first-order valence-corrected chi connectivity index (χ1v) is 26.3. The van der Waals surface area contributed by atoms with Gasteiger partial charge in [-0.3, -0.25) is 9.59 Å². The monoisotopic (exact) mass is 1060 g/mol. The Balaban J connectivity index is -0.000000959. The van der Waals surface area contributed by atoms with Crippen LogP contribution in [-0.2, 0) is 38.3 Å². The van der Waals surface area contributed by atoms with Crippen LogP contribution in [0.2, 0.25) is 0 Å². The number of benzene rings is 3. The van der Waals surface area contributed by atoms with Crippen molar-refractivity contribution in [3.8, 4) is 34.5 Å². The average Bonchev–Trinajstić information content (AvgIpc) is 3.37. The van der Waals surface area contributed by atoms with Crippen molar-refractivity contribution >= 4 is 30.2 Å². The van der Waals surface area contributed by atoms with Crippen LogP contribution in [0.3, 0.4) is 0 Å². The van der Waals surface area contributed by atoms with Crippen molar-refractivity contribution in [1.29, 1.82) is 0 Å². The standard InChI is InChI=1S/C21H32O4.2C17H26O3.C6H10O2.Na.H2O/c1-6-8-9-11-17-14-19(23-4)18(20(15-17)24-5)13-12-16(3)25-21(22)10-7-2;2*1-5-6-7-8-14-11-16(19-3)15(10-9-13(2)18)17(12-14)20-4;1-3-5-6(7)8-4-2;;/h12-16H,6-11H2,1-5H3;2*9-13,18H,5-8H2,1-4H3;4H,2-3,5H2,1H3;;1H2/q;;;;+1;/p-1/b13-12+;2*10-9+;;;/t16-;13-;;;;/m00..../s1. The average molecular weight is 1060 g/mol. The summed E-state index contributed by atoms with van der Waals surface area (Å²) in [6, 6.07) is 12.3. The number of unbranched alkanes of at least 4 members (excludes halogenated alkanes) is 6. The van der Waals surface area contributed by atoms with E-state index in [2.05, 4.69) is 68.5 Å². The predicted octanol–water partition coefficient (Wildman–Crippen LogP) is 11.1. The van der Waals surface area contributed by atoms with E-state index < -0.39 is 12.2 Å². The fourth-order valence-electron chi connectivity index (χ4n) is 7.21. The number of hydrogen-bond acceptors (Lipinski definition) is 13. The summed E-state index contributed by atoms with van der Waals surface area (Å²) in [7, 11) is 9.95. The third-order valence-corrected chi connectivity index (χ3v) is 11.1. The zero-order valence-corrected chi connectivity index (χ0v) is 50.7. The summed E-state index contributed by atoms with van der Waals surface area (Å²) in [5.41, 5.74) is 6.26. The normalized spacial score (nSPS) is 11.7. The van der Waals surface area contributed by atoms with E-state index in [9.17, 15) is 19.8 Å². The van der Waals surface area contributed by atoms with Gasteiger partial charge in [-0.15, -0.1) is 0 Å². The second-order valence-electron chi connectivity index (χ2n) is 17.5. The number of aliphatic hydroxyl groups excluding tert-OH is 2. The molecule has 14 heteroatoms. The first-order chi connectivity index (χ1) is 35.1. The van der Waals surface area contributed by atoms with Crippen LogP contribution in [0.25, 0.3) is 18.2 Å². The first kappa shape index (κ1) is 74.5. The van der Waals surface area contributed by atoms with Crippen LogP contribution in [0.15, 0.2) is 67.5 Å². The van der Waals surface area contributed by atoms with Gasteiger partial charge in [0.05, 0.1) is 77.8 Å². The van der Waals surface area contributed by atoms with Crippen LogP contribution < -0.4 is 58.0 Å². The second kappa shape index (κ2) is 46.5. The predicted molar refractivity (Wildman–Crippen MR) is 302 cm³/mol. The summed E-state index contributed by atoms with van der Waals surface area (Å²) < 4.78 is 42.7. The number of ether oxygens (including phenoxy) is 8. The van der Waals surface area contributed by atoms with Crippen LogP contribution in [0.4, 0.5) is 0 Å². The minimum atomic E-state index is -0.492. The molecule has 0 amide bonds. The largest absolute Gasteiger partial charge is 1.00 e. The van der Waals surface area contributed by atoms with E-state index in [-0.39, 0.29) is 53.1 Å². The molecule has 0 radical (unpaired) electrons. The molecular formula is C61H95NaO13. The molecule has 0 fully saturated rings. The van der Waals surface area contributed by atoms with Gasteiger partial charge in [0, 0.05) is 12.8 Å². The molecule has 0 aliphatic rings. The van der Waals surface area contributed by atoms with E-state index in [1.807, 2.05) is 45.1 Å². The van der Waals surface area contributed by atoms with Gasteiger partial charge in [0.15, 0.2) is 0 Å². The van der Waals surface area contributed by atoms with Gasteiger partial charge in [-0.25, -0.2) is 0 Å². The molecule has 0 heterocycles. The number of carbonyl (C=O) groups excluding carboxylic acids is 2. The van der Waals surface area contributed by atoms with E-state index in [4.69, 9.17) is 33.2 Å². The molecule has 3 atom stereocenters. The quantitative estimate of drug-likeness (QED) is 0.0279. The summed E-state index contributed by atoms with van der Waals surface area (Å²) in [4.78, 5) is 21.9. The number of methoxy groups -OCH3 is 6. The van der Waals surface area contributed by atoms with E-state index in [1.54, 1.807) is 68.7 Å².